The highest BCUT2D eigenvalue weighted by Crippen LogP contribution is 2.10. The summed E-state index contributed by atoms with van der Waals surface area (Å²) in [5.41, 5.74) is 1.32. The van der Waals surface area contributed by atoms with E-state index in [0.29, 0.717) is 6.10 Å². The average Bonchev–Trinajstić information content (AvgIpc) is 2.89. The van der Waals surface area contributed by atoms with Crippen molar-refractivity contribution in [2.24, 2.45) is 0 Å². The zero-order valence-electron chi connectivity index (χ0n) is 7.79. The zero-order chi connectivity index (χ0) is 8.81. The van der Waals surface area contributed by atoms with Gasteiger partial charge < -0.3 is 4.74 Å². The van der Waals surface area contributed by atoms with Crippen molar-refractivity contribution in [3.8, 4) is 0 Å². The van der Waals surface area contributed by atoms with E-state index in [2.05, 4.69) is 26.0 Å². The number of hydrogen-bond acceptors (Lipinski definition) is 1. The molecule has 1 aliphatic rings. The molecule has 12 heavy (non-hydrogen) atoms. The molecule has 0 aliphatic carbocycles. The Labute approximate surface area is 74.4 Å². The van der Waals surface area contributed by atoms with Gasteiger partial charge in [-0.15, -0.1) is 0 Å². The number of ether oxygens (including phenoxy) is 1. The Hall–Kier alpha value is -0.820. The van der Waals surface area contributed by atoms with Gasteiger partial charge in [0.25, 0.3) is 0 Å². The van der Waals surface area contributed by atoms with Crippen LogP contribution in [-0.4, -0.2) is 12.7 Å². The van der Waals surface area contributed by atoms with Crippen molar-refractivity contribution in [1.29, 1.82) is 0 Å². The average molecular weight is 164 g/mol. The molecule has 1 heterocycles. The lowest BCUT2D eigenvalue weighted by atomic mass is 10.2. The molecule has 0 aromatic heterocycles. The zero-order valence-corrected chi connectivity index (χ0v) is 7.79. The van der Waals surface area contributed by atoms with Crippen LogP contribution in [0.1, 0.15) is 18.9 Å². The van der Waals surface area contributed by atoms with Gasteiger partial charge in [-0.2, -0.15) is 0 Å². The summed E-state index contributed by atoms with van der Waals surface area (Å²) >= 11 is 0. The fraction of sp³-hybridized carbons (Fsp3) is 0.455. The minimum atomic E-state index is 0.634. The van der Waals surface area contributed by atoms with Crippen LogP contribution in [0.25, 0.3) is 0 Å². The lowest BCUT2D eigenvalue weighted by molar-refractivity contribution is 0.403. The van der Waals surface area contributed by atoms with Crippen LogP contribution in [0.3, 0.4) is 0 Å². The fourth-order valence-electron chi connectivity index (χ4n) is 0.838. The number of epoxide rings is 1. The van der Waals surface area contributed by atoms with Gasteiger partial charge in [0.15, 0.2) is 0 Å². The molecule has 1 aliphatic heterocycles. The number of benzene rings is 1. The van der Waals surface area contributed by atoms with E-state index in [9.17, 15) is 0 Å². The highest BCUT2D eigenvalue weighted by Gasteiger charge is 2.18. The first-order chi connectivity index (χ1) is 5.83. The molecule has 66 valence electrons. The summed E-state index contributed by atoms with van der Waals surface area (Å²) in [7, 11) is 0. The smallest absolute Gasteiger partial charge is 0.0807 e. The summed E-state index contributed by atoms with van der Waals surface area (Å²) in [6.45, 7) is 5.23. The molecule has 2 rings (SSSR count). The van der Waals surface area contributed by atoms with Gasteiger partial charge in [0, 0.05) is 0 Å². The van der Waals surface area contributed by atoms with E-state index in [4.69, 9.17) is 4.74 Å². The highest BCUT2D eigenvalue weighted by molar-refractivity contribution is 5.11. The number of rotatable bonds is 1. The molecule has 0 amide bonds. The van der Waals surface area contributed by atoms with Crippen molar-refractivity contribution in [3.63, 3.8) is 0 Å². The topological polar surface area (TPSA) is 12.5 Å². The van der Waals surface area contributed by atoms with Crippen molar-refractivity contribution >= 4 is 0 Å². The third kappa shape index (κ3) is 4.14. The molecular formula is C11H16O. The Morgan fingerprint density at radius 2 is 1.92 bits per heavy atom. The second-order valence-corrected chi connectivity index (χ2v) is 3.02. The SMILES string of the molecule is CC[C@@H]1CO1.Cc1ccccc1. The van der Waals surface area contributed by atoms with Gasteiger partial charge in [-0.25, -0.2) is 0 Å². The first-order valence-electron chi connectivity index (χ1n) is 4.46. The van der Waals surface area contributed by atoms with E-state index < -0.39 is 0 Å². The molecule has 0 saturated carbocycles. The molecular weight excluding hydrogens is 148 g/mol. The minimum Gasteiger partial charge on any atom is -0.373 e. The van der Waals surface area contributed by atoms with E-state index in [-0.39, 0.29) is 0 Å². The Morgan fingerprint density at radius 1 is 1.33 bits per heavy atom. The van der Waals surface area contributed by atoms with Gasteiger partial charge in [-0.1, -0.05) is 42.8 Å². The predicted molar refractivity (Wildman–Crippen MR) is 51.2 cm³/mol. The van der Waals surface area contributed by atoms with Crippen molar-refractivity contribution in [2.75, 3.05) is 6.61 Å². The normalized spacial score (nSPS) is 19.3. The van der Waals surface area contributed by atoms with Crippen LogP contribution >= 0.6 is 0 Å². The second-order valence-electron chi connectivity index (χ2n) is 3.02. The van der Waals surface area contributed by atoms with Crippen LogP contribution < -0.4 is 0 Å². The summed E-state index contributed by atoms with van der Waals surface area (Å²) in [5, 5.41) is 0. The summed E-state index contributed by atoms with van der Waals surface area (Å²) in [6.07, 6.45) is 1.83. The summed E-state index contributed by atoms with van der Waals surface area (Å²) in [5.74, 6) is 0. The first-order valence-corrected chi connectivity index (χ1v) is 4.46. The van der Waals surface area contributed by atoms with Crippen molar-refractivity contribution < 1.29 is 4.74 Å². The number of hydrogen-bond donors (Lipinski definition) is 0. The second kappa shape index (κ2) is 4.94. The fourth-order valence-corrected chi connectivity index (χ4v) is 0.838. The van der Waals surface area contributed by atoms with E-state index >= 15 is 0 Å². The molecule has 1 nitrogen and oxygen atoms in total. The monoisotopic (exact) mass is 164 g/mol. The molecule has 1 aromatic rings. The molecule has 0 unspecified atom stereocenters. The first kappa shape index (κ1) is 9.27. The quantitative estimate of drug-likeness (QED) is 0.581. The van der Waals surface area contributed by atoms with Crippen LogP contribution in [0.5, 0.6) is 0 Å². The van der Waals surface area contributed by atoms with E-state index in [0.717, 1.165) is 6.61 Å². The van der Waals surface area contributed by atoms with Crippen molar-refractivity contribution in [3.05, 3.63) is 35.9 Å². The van der Waals surface area contributed by atoms with Crippen LogP contribution in [0, 0.1) is 6.92 Å². The maximum absolute atomic E-state index is 4.86. The van der Waals surface area contributed by atoms with Gasteiger partial charge in [0.2, 0.25) is 0 Å². The van der Waals surface area contributed by atoms with Gasteiger partial charge >= 0.3 is 0 Å². The van der Waals surface area contributed by atoms with Crippen LogP contribution in [-0.2, 0) is 4.74 Å². The van der Waals surface area contributed by atoms with Crippen molar-refractivity contribution in [2.45, 2.75) is 26.4 Å². The minimum absolute atomic E-state index is 0.634. The Bertz CT molecular complexity index is 202. The predicted octanol–water partition coefficient (Wildman–Crippen LogP) is 2.79. The van der Waals surface area contributed by atoms with Crippen LogP contribution in [0.4, 0.5) is 0 Å². The molecule has 0 N–H and O–H groups in total. The molecule has 1 fully saturated rings. The molecule has 1 atom stereocenters. The molecule has 0 bridgehead atoms. The highest BCUT2D eigenvalue weighted by atomic mass is 16.6. The Kier molecular flexibility index (Phi) is 3.81. The maximum Gasteiger partial charge on any atom is 0.0807 e. The van der Waals surface area contributed by atoms with E-state index in [1.807, 2.05) is 18.2 Å². The summed E-state index contributed by atoms with van der Waals surface area (Å²) < 4.78 is 4.86. The van der Waals surface area contributed by atoms with E-state index in [1.54, 1.807) is 0 Å². The lowest BCUT2D eigenvalue weighted by Crippen LogP contribution is -1.73. The lowest BCUT2D eigenvalue weighted by Gasteiger charge is -1.82. The van der Waals surface area contributed by atoms with E-state index in [1.165, 1.54) is 12.0 Å². The summed E-state index contributed by atoms with van der Waals surface area (Å²) in [4.78, 5) is 0. The molecule has 1 saturated heterocycles. The van der Waals surface area contributed by atoms with Crippen LogP contribution in [0.15, 0.2) is 30.3 Å². The van der Waals surface area contributed by atoms with Gasteiger partial charge in [-0.05, 0) is 13.3 Å². The number of aryl methyl sites for hydroxylation is 1. The largest absolute Gasteiger partial charge is 0.373 e. The summed E-state index contributed by atoms with van der Waals surface area (Å²) in [6, 6.07) is 10.3. The Morgan fingerprint density at radius 3 is 2.08 bits per heavy atom. The maximum atomic E-state index is 4.86. The third-order valence-electron chi connectivity index (χ3n) is 1.80. The van der Waals surface area contributed by atoms with Crippen molar-refractivity contribution in [1.82, 2.24) is 0 Å². The Balaban J connectivity index is 0.000000127. The van der Waals surface area contributed by atoms with Gasteiger partial charge in [0.1, 0.15) is 0 Å². The molecule has 0 radical (unpaired) electrons. The molecule has 1 heteroatoms. The van der Waals surface area contributed by atoms with Gasteiger partial charge in [-0.3, -0.25) is 0 Å². The van der Waals surface area contributed by atoms with Crippen LogP contribution in [0.2, 0.25) is 0 Å². The third-order valence-corrected chi connectivity index (χ3v) is 1.80. The molecule has 0 spiro atoms. The van der Waals surface area contributed by atoms with Gasteiger partial charge in [0.05, 0.1) is 12.7 Å². The molecule has 1 aromatic carbocycles. The standard InChI is InChI=1S/C7H8.C4H8O/c1-7-5-3-2-4-6-7;1-2-4-3-5-4/h2-6H,1H3;4H,2-3H2,1H3/t;4-/m.1/s1.